The van der Waals surface area contributed by atoms with Gasteiger partial charge in [0.2, 0.25) is 10.0 Å². The molecule has 2 aromatic carbocycles. The van der Waals surface area contributed by atoms with Crippen LogP contribution < -0.4 is 14.2 Å². The first-order valence-corrected chi connectivity index (χ1v) is 10.8. The van der Waals surface area contributed by atoms with Gasteiger partial charge in [0.05, 0.1) is 4.90 Å². The number of nitrogens with one attached hydrogen (secondary N) is 1. The molecule has 144 valence electrons. The molecule has 1 fully saturated rings. The zero-order valence-corrected chi connectivity index (χ0v) is 16.0. The molecule has 0 saturated carbocycles. The van der Waals surface area contributed by atoms with Crippen LogP contribution in [0.5, 0.6) is 11.5 Å². The maximum Gasteiger partial charge on any atom is 0.240 e. The summed E-state index contributed by atoms with van der Waals surface area (Å²) in [4.78, 5) is 2.54. The van der Waals surface area contributed by atoms with Crippen molar-refractivity contribution in [2.45, 2.75) is 23.8 Å². The Bertz CT molecular complexity index is 880. The third-order valence-electron chi connectivity index (χ3n) is 5.06. The van der Waals surface area contributed by atoms with Crippen LogP contribution in [-0.2, 0) is 10.0 Å². The standard InChI is InChI=1S/C20H24N2O4S/c23-27(24,17-8-9-19-20(14-17)26-13-12-25-19)21-15-18(22-10-4-5-11-22)16-6-2-1-3-7-16/h1-3,6-9,14,18,21H,4-5,10-13,15H2. The highest BCUT2D eigenvalue weighted by atomic mass is 32.2. The molecule has 27 heavy (non-hydrogen) atoms. The van der Waals surface area contributed by atoms with Gasteiger partial charge in [0.1, 0.15) is 13.2 Å². The van der Waals surface area contributed by atoms with Crippen LogP contribution in [0.3, 0.4) is 0 Å². The van der Waals surface area contributed by atoms with E-state index in [9.17, 15) is 8.42 Å². The van der Waals surface area contributed by atoms with E-state index in [1.807, 2.05) is 18.2 Å². The molecule has 1 unspecified atom stereocenters. The molecule has 2 aliphatic heterocycles. The van der Waals surface area contributed by atoms with E-state index in [0.29, 0.717) is 31.3 Å². The number of fused-ring (bicyclic) bond motifs is 1. The summed E-state index contributed by atoms with van der Waals surface area (Å²) in [5, 5.41) is 0. The second-order valence-corrected chi connectivity index (χ2v) is 8.59. The summed E-state index contributed by atoms with van der Waals surface area (Å²) in [6.45, 7) is 3.22. The molecule has 1 atom stereocenters. The van der Waals surface area contributed by atoms with Crippen LogP contribution in [-0.4, -0.2) is 46.2 Å². The van der Waals surface area contributed by atoms with Gasteiger partial charge in [0.15, 0.2) is 11.5 Å². The van der Waals surface area contributed by atoms with Gasteiger partial charge in [-0.15, -0.1) is 0 Å². The van der Waals surface area contributed by atoms with Crippen molar-refractivity contribution in [3.05, 3.63) is 54.1 Å². The number of hydrogen-bond acceptors (Lipinski definition) is 5. The van der Waals surface area contributed by atoms with Crippen LogP contribution in [0.15, 0.2) is 53.4 Å². The molecule has 0 aromatic heterocycles. The first-order valence-electron chi connectivity index (χ1n) is 9.32. The summed E-state index contributed by atoms with van der Waals surface area (Å²) in [5.74, 6) is 1.06. The minimum absolute atomic E-state index is 0.0284. The van der Waals surface area contributed by atoms with Crippen molar-refractivity contribution in [2.75, 3.05) is 32.8 Å². The summed E-state index contributed by atoms with van der Waals surface area (Å²) in [6.07, 6.45) is 2.30. The highest BCUT2D eigenvalue weighted by molar-refractivity contribution is 7.89. The summed E-state index contributed by atoms with van der Waals surface area (Å²) in [5.41, 5.74) is 1.13. The molecule has 0 spiro atoms. The monoisotopic (exact) mass is 388 g/mol. The number of nitrogens with zero attached hydrogens (tertiary/aromatic N) is 1. The molecule has 1 N–H and O–H groups in total. The van der Waals surface area contributed by atoms with E-state index in [4.69, 9.17) is 9.47 Å². The van der Waals surface area contributed by atoms with Gasteiger partial charge >= 0.3 is 0 Å². The van der Waals surface area contributed by atoms with Gasteiger partial charge in [-0.3, -0.25) is 4.90 Å². The van der Waals surface area contributed by atoms with E-state index >= 15 is 0 Å². The Morgan fingerprint density at radius 2 is 1.67 bits per heavy atom. The molecule has 6 nitrogen and oxygen atoms in total. The van der Waals surface area contributed by atoms with Crippen molar-refractivity contribution in [1.29, 1.82) is 0 Å². The van der Waals surface area contributed by atoms with Gasteiger partial charge < -0.3 is 9.47 Å². The summed E-state index contributed by atoms with van der Waals surface area (Å²) in [6, 6.07) is 14.8. The molecule has 0 aliphatic carbocycles. The minimum Gasteiger partial charge on any atom is -0.486 e. The molecular weight excluding hydrogens is 364 g/mol. The summed E-state index contributed by atoms with van der Waals surface area (Å²) in [7, 11) is -3.64. The number of ether oxygens (including phenoxy) is 2. The lowest BCUT2D eigenvalue weighted by Crippen LogP contribution is -2.36. The Kier molecular flexibility index (Phi) is 5.33. The molecular formula is C20H24N2O4S. The Morgan fingerprint density at radius 1 is 0.963 bits per heavy atom. The van der Waals surface area contributed by atoms with Crippen molar-refractivity contribution >= 4 is 10.0 Å². The zero-order valence-electron chi connectivity index (χ0n) is 15.1. The van der Waals surface area contributed by atoms with Crippen molar-refractivity contribution in [1.82, 2.24) is 9.62 Å². The fraction of sp³-hybridized carbons (Fsp3) is 0.400. The first kappa shape index (κ1) is 18.3. The van der Waals surface area contributed by atoms with E-state index in [-0.39, 0.29) is 10.9 Å². The van der Waals surface area contributed by atoms with Crippen LogP contribution >= 0.6 is 0 Å². The molecule has 4 rings (SSSR count). The third-order valence-corrected chi connectivity index (χ3v) is 6.48. The highest BCUT2D eigenvalue weighted by Crippen LogP contribution is 2.32. The molecule has 2 aromatic rings. The normalized spacial score (nSPS) is 18.4. The number of sulfonamides is 1. The molecule has 2 heterocycles. The lowest BCUT2D eigenvalue weighted by molar-refractivity contribution is 0.171. The lowest BCUT2D eigenvalue weighted by atomic mass is 10.1. The van der Waals surface area contributed by atoms with E-state index in [2.05, 4.69) is 21.8 Å². The SMILES string of the molecule is O=S(=O)(NCC(c1ccccc1)N1CCCC1)c1ccc2c(c1)OCCO2. The van der Waals surface area contributed by atoms with Crippen LogP contribution in [0.25, 0.3) is 0 Å². The van der Waals surface area contributed by atoms with Crippen LogP contribution in [0.4, 0.5) is 0 Å². The minimum atomic E-state index is -3.64. The van der Waals surface area contributed by atoms with E-state index in [1.165, 1.54) is 6.07 Å². The fourth-order valence-electron chi connectivity index (χ4n) is 3.65. The molecule has 0 bridgehead atoms. The fourth-order valence-corrected chi connectivity index (χ4v) is 4.70. The van der Waals surface area contributed by atoms with E-state index < -0.39 is 10.0 Å². The first-order chi connectivity index (χ1) is 13.1. The predicted molar refractivity (Wildman–Crippen MR) is 103 cm³/mol. The van der Waals surface area contributed by atoms with Gasteiger partial charge in [-0.1, -0.05) is 30.3 Å². The largest absolute Gasteiger partial charge is 0.486 e. The second kappa shape index (κ2) is 7.88. The molecule has 7 heteroatoms. The van der Waals surface area contributed by atoms with Gasteiger partial charge in [-0.05, 0) is 43.6 Å². The Labute approximate surface area is 160 Å². The third kappa shape index (κ3) is 4.10. The van der Waals surface area contributed by atoms with Crippen LogP contribution in [0, 0.1) is 0 Å². The van der Waals surface area contributed by atoms with Gasteiger partial charge in [0.25, 0.3) is 0 Å². The van der Waals surface area contributed by atoms with E-state index in [1.54, 1.807) is 12.1 Å². The highest BCUT2D eigenvalue weighted by Gasteiger charge is 2.26. The Balaban J connectivity index is 1.52. The van der Waals surface area contributed by atoms with Crippen molar-refractivity contribution < 1.29 is 17.9 Å². The Hall–Kier alpha value is -2.09. The van der Waals surface area contributed by atoms with Gasteiger partial charge in [-0.25, -0.2) is 13.1 Å². The topological polar surface area (TPSA) is 67.9 Å². The van der Waals surface area contributed by atoms with Crippen molar-refractivity contribution in [2.24, 2.45) is 0 Å². The molecule has 2 aliphatic rings. The lowest BCUT2D eigenvalue weighted by Gasteiger charge is -2.28. The number of rotatable bonds is 6. The average Bonchev–Trinajstić information content (AvgIpc) is 3.23. The summed E-state index contributed by atoms with van der Waals surface area (Å²) < 4.78 is 39.5. The number of hydrogen-bond donors (Lipinski definition) is 1. The maximum absolute atomic E-state index is 12.8. The summed E-state index contributed by atoms with van der Waals surface area (Å²) >= 11 is 0. The average molecular weight is 388 g/mol. The van der Waals surface area contributed by atoms with E-state index in [0.717, 1.165) is 31.5 Å². The molecule has 1 saturated heterocycles. The quantitative estimate of drug-likeness (QED) is 0.824. The zero-order chi connectivity index (χ0) is 18.7. The van der Waals surface area contributed by atoms with Crippen LogP contribution in [0.2, 0.25) is 0 Å². The second-order valence-electron chi connectivity index (χ2n) is 6.83. The smallest absolute Gasteiger partial charge is 0.240 e. The van der Waals surface area contributed by atoms with Gasteiger partial charge in [-0.2, -0.15) is 0 Å². The molecule has 0 amide bonds. The number of benzene rings is 2. The predicted octanol–water partition coefficient (Wildman–Crippen LogP) is 2.57. The van der Waals surface area contributed by atoms with Crippen LogP contribution in [0.1, 0.15) is 24.4 Å². The van der Waals surface area contributed by atoms with Crippen molar-refractivity contribution in [3.63, 3.8) is 0 Å². The maximum atomic E-state index is 12.8. The van der Waals surface area contributed by atoms with Gasteiger partial charge in [0, 0.05) is 18.7 Å². The van der Waals surface area contributed by atoms with Crippen molar-refractivity contribution in [3.8, 4) is 11.5 Å². The Morgan fingerprint density at radius 3 is 2.41 bits per heavy atom. The molecule has 0 radical (unpaired) electrons. The number of likely N-dealkylation sites (tertiary alicyclic amines) is 1.